The molecule has 1 atom stereocenters. The number of carbonyl (C=O) groups is 1. The molecule has 1 unspecified atom stereocenters. The summed E-state index contributed by atoms with van der Waals surface area (Å²) in [6, 6.07) is 0. The maximum atomic E-state index is 11.6. The first-order valence-electron chi connectivity index (χ1n) is 5.31. The molecule has 2 bridgehead atoms. The van der Waals surface area contributed by atoms with Crippen molar-refractivity contribution < 1.29 is 14.3 Å². The molecular formula is C13H14O3. The molecule has 0 N–H and O–H groups in total. The molecule has 2 rings (SSSR count). The van der Waals surface area contributed by atoms with Crippen LogP contribution in [0.15, 0.2) is 48.1 Å². The van der Waals surface area contributed by atoms with E-state index >= 15 is 0 Å². The van der Waals surface area contributed by atoms with Crippen LogP contribution in [-0.4, -0.2) is 25.8 Å². The minimum atomic E-state index is -0.290. The lowest BCUT2D eigenvalue weighted by Gasteiger charge is -2.07. The molecule has 0 radical (unpaired) electrons. The molecule has 0 amide bonds. The molecule has 84 valence electrons. The van der Waals surface area contributed by atoms with Gasteiger partial charge in [0, 0.05) is 0 Å². The van der Waals surface area contributed by atoms with Crippen LogP contribution in [0.5, 0.6) is 0 Å². The number of fused-ring (bicyclic) bond motifs is 2. The zero-order chi connectivity index (χ0) is 11.2. The summed E-state index contributed by atoms with van der Waals surface area (Å²) in [5, 5.41) is 0. The second kappa shape index (κ2) is 5.47. The molecule has 1 aliphatic carbocycles. The highest BCUT2D eigenvalue weighted by molar-refractivity contribution is 5.77. The Morgan fingerprint density at radius 1 is 1.19 bits per heavy atom. The van der Waals surface area contributed by atoms with E-state index in [4.69, 9.17) is 9.47 Å². The SMILES string of the molecule is O=C1OC/C=C\COCC2=CC=CC1C=C2. The molecule has 16 heavy (non-hydrogen) atoms. The molecule has 0 fully saturated rings. The van der Waals surface area contributed by atoms with Crippen molar-refractivity contribution in [2.75, 3.05) is 19.8 Å². The second-order valence-electron chi connectivity index (χ2n) is 3.63. The predicted octanol–water partition coefficient (Wildman–Crippen LogP) is 1.78. The number of hydrogen-bond acceptors (Lipinski definition) is 3. The minimum absolute atomic E-state index is 0.215. The van der Waals surface area contributed by atoms with Crippen LogP contribution >= 0.6 is 0 Å². The van der Waals surface area contributed by atoms with Gasteiger partial charge in [0.2, 0.25) is 0 Å². The summed E-state index contributed by atoms with van der Waals surface area (Å²) < 4.78 is 10.5. The van der Waals surface area contributed by atoms with Gasteiger partial charge in [-0.15, -0.1) is 0 Å². The largest absolute Gasteiger partial charge is 0.461 e. The van der Waals surface area contributed by atoms with Crippen molar-refractivity contribution in [2.24, 2.45) is 5.92 Å². The van der Waals surface area contributed by atoms with Gasteiger partial charge in [-0.1, -0.05) is 36.5 Å². The van der Waals surface area contributed by atoms with Gasteiger partial charge in [0.1, 0.15) is 6.61 Å². The zero-order valence-electron chi connectivity index (χ0n) is 8.96. The van der Waals surface area contributed by atoms with Gasteiger partial charge in [0.15, 0.2) is 0 Å². The van der Waals surface area contributed by atoms with Crippen molar-refractivity contribution in [3.05, 3.63) is 48.1 Å². The summed E-state index contributed by atoms with van der Waals surface area (Å²) in [6.07, 6.45) is 13.1. The normalized spacial score (nSPS) is 27.4. The fraction of sp³-hybridized carbons (Fsp3) is 0.308. The number of allylic oxidation sites excluding steroid dienone is 2. The maximum absolute atomic E-state index is 11.6. The lowest BCUT2D eigenvalue weighted by molar-refractivity contribution is -0.144. The van der Waals surface area contributed by atoms with E-state index in [2.05, 4.69) is 0 Å². The van der Waals surface area contributed by atoms with Gasteiger partial charge in [-0.05, 0) is 11.6 Å². The molecule has 2 aliphatic rings. The van der Waals surface area contributed by atoms with E-state index in [1.165, 1.54) is 0 Å². The van der Waals surface area contributed by atoms with Crippen molar-refractivity contribution in [3.63, 3.8) is 0 Å². The fourth-order valence-corrected chi connectivity index (χ4v) is 1.51. The fourth-order valence-electron chi connectivity index (χ4n) is 1.51. The van der Waals surface area contributed by atoms with Crippen LogP contribution in [0.4, 0.5) is 0 Å². The van der Waals surface area contributed by atoms with Crippen LogP contribution < -0.4 is 0 Å². The Morgan fingerprint density at radius 3 is 3.00 bits per heavy atom. The standard InChI is InChI=1S/C13H14O3/c14-13-12-5-3-4-11(6-7-12)10-15-8-1-2-9-16-13/h1-7,12H,8-10H2/b2-1-. The third-order valence-electron chi connectivity index (χ3n) is 2.39. The van der Waals surface area contributed by atoms with Gasteiger partial charge in [-0.2, -0.15) is 0 Å². The van der Waals surface area contributed by atoms with Crippen molar-refractivity contribution in [1.29, 1.82) is 0 Å². The average molecular weight is 218 g/mol. The van der Waals surface area contributed by atoms with Crippen molar-refractivity contribution >= 4 is 5.97 Å². The summed E-state index contributed by atoms with van der Waals surface area (Å²) >= 11 is 0. The summed E-state index contributed by atoms with van der Waals surface area (Å²) in [4.78, 5) is 11.6. The predicted molar refractivity (Wildman–Crippen MR) is 60.8 cm³/mol. The number of esters is 1. The van der Waals surface area contributed by atoms with E-state index in [1.807, 2.05) is 36.5 Å². The third kappa shape index (κ3) is 2.94. The molecule has 0 saturated carbocycles. The molecule has 0 saturated heterocycles. The maximum Gasteiger partial charge on any atom is 0.317 e. The topological polar surface area (TPSA) is 35.5 Å². The van der Waals surface area contributed by atoms with Gasteiger partial charge in [0.05, 0.1) is 19.1 Å². The van der Waals surface area contributed by atoms with Crippen LogP contribution in [-0.2, 0) is 14.3 Å². The van der Waals surface area contributed by atoms with Crippen LogP contribution in [0, 0.1) is 5.92 Å². The Balaban J connectivity index is 2.15. The minimum Gasteiger partial charge on any atom is -0.461 e. The Morgan fingerprint density at radius 2 is 2.06 bits per heavy atom. The van der Waals surface area contributed by atoms with Gasteiger partial charge in [-0.3, -0.25) is 4.79 Å². The summed E-state index contributed by atoms with van der Waals surface area (Å²) in [5.74, 6) is -0.505. The highest BCUT2D eigenvalue weighted by Gasteiger charge is 2.14. The molecule has 0 aromatic carbocycles. The monoisotopic (exact) mass is 218 g/mol. The van der Waals surface area contributed by atoms with Gasteiger partial charge in [0.25, 0.3) is 0 Å². The first-order valence-corrected chi connectivity index (χ1v) is 5.31. The lowest BCUT2D eigenvalue weighted by atomic mass is 10.1. The smallest absolute Gasteiger partial charge is 0.317 e. The van der Waals surface area contributed by atoms with E-state index in [0.717, 1.165) is 5.57 Å². The van der Waals surface area contributed by atoms with E-state index in [9.17, 15) is 4.79 Å². The van der Waals surface area contributed by atoms with E-state index in [1.54, 1.807) is 6.08 Å². The Hall–Kier alpha value is -1.61. The quantitative estimate of drug-likeness (QED) is 0.459. The summed E-state index contributed by atoms with van der Waals surface area (Å²) in [5.41, 5.74) is 1.06. The van der Waals surface area contributed by atoms with Gasteiger partial charge < -0.3 is 9.47 Å². The molecular weight excluding hydrogens is 204 g/mol. The van der Waals surface area contributed by atoms with Gasteiger partial charge >= 0.3 is 5.97 Å². The molecule has 0 aromatic heterocycles. The van der Waals surface area contributed by atoms with E-state index in [0.29, 0.717) is 19.8 Å². The highest BCUT2D eigenvalue weighted by Crippen LogP contribution is 2.12. The van der Waals surface area contributed by atoms with E-state index < -0.39 is 0 Å². The number of ether oxygens (including phenoxy) is 2. The summed E-state index contributed by atoms with van der Waals surface area (Å²) in [7, 11) is 0. The molecule has 3 heteroatoms. The highest BCUT2D eigenvalue weighted by atomic mass is 16.5. The molecule has 1 heterocycles. The first-order chi connectivity index (χ1) is 7.86. The Labute approximate surface area is 94.7 Å². The Kier molecular flexibility index (Phi) is 3.72. The van der Waals surface area contributed by atoms with Crippen LogP contribution in [0.25, 0.3) is 0 Å². The van der Waals surface area contributed by atoms with E-state index in [-0.39, 0.29) is 11.9 Å². The number of cyclic esters (lactones) is 1. The van der Waals surface area contributed by atoms with Crippen molar-refractivity contribution in [3.8, 4) is 0 Å². The number of carbonyl (C=O) groups excluding carboxylic acids is 1. The van der Waals surface area contributed by atoms with Crippen molar-refractivity contribution in [2.45, 2.75) is 0 Å². The third-order valence-corrected chi connectivity index (χ3v) is 2.39. The second-order valence-corrected chi connectivity index (χ2v) is 3.63. The Bertz CT molecular complexity index is 375. The first kappa shape index (κ1) is 10.9. The van der Waals surface area contributed by atoms with Gasteiger partial charge in [-0.25, -0.2) is 0 Å². The number of hydrogen-bond donors (Lipinski definition) is 0. The molecule has 1 aliphatic heterocycles. The van der Waals surface area contributed by atoms with Crippen LogP contribution in [0.3, 0.4) is 0 Å². The van der Waals surface area contributed by atoms with Crippen LogP contribution in [0.2, 0.25) is 0 Å². The summed E-state index contributed by atoms with van der Waals surface area (Å²) in [6.45, 7) is 1.41. The average Bonchev–Trinajstić information content (AvgIpc) is 2.51. The molecule has 0 spiro atoms. The molecule has 0 aromatic rings. The molecule has 3 nitrogen and oxygen atoms in total. The zero-order valence-corrected chi connectivity index (χ0v) is 8.96. The van der Waals surface area contributed by atoms with Crippen LogP contribution in [0.1, 0.15) is 0 Å². The number of rotatable bonds is 0. The lowest BCUT2D eigenvalue weighted by Crippen LogP contribution is -2.14. The van der Waals surface area contributed by atoms with Crippen molar-refractivity contribution in [1.82, 2.24) is 0 Å².